The van der Waals surface area contributed by atoms with Crippen molar-refractivity contribution < 1.29 is 9.59 Å². The second-order valence-corrected chi connectivity index (χ2v) is 8.01. The van der Waals surface area contributed by atoms with Crippen molar-refractivity contribution in [3.8, 4) is 0 Å². The fraction of sp³-hybridized carbons (Fsp3) is 0.391. The van der Waals surface area contributed by atoms with Gasteiger partial charge in [-0.15, -0.1) is 0 Å². The third-order valence-corrected chi connectivity index (χ3v) is 5.97. The van der Waals surface area contributed by atoms with Crippen LogP contribution in [0.5, 0.6) is 0 Å². The first kappa shape index (κ1) is 19.5. The third-order valence-electron chi connectivity index (χ3n) is 5.97. The number of anilines is 3. The molecule has 29 heavy (non-hydrogen) atoms. The molecule has 1 atom stereocenters. The predicted octanol–water partition coefficient (Wildman–Crippen LogP) is 4.00. The third kappa shape index (κ3) is 4.59. The Morgan fingerprint density at radius 1 is 0.966 bits per heavy atom. The Labute approximate surface area is 171 Å². The Bertz CT molecular complexity index is 908. The SMILES string of the molecule is CC(C(=O)Nc1cccc(NC(=O)Nc2cccc3c2CCCC3)c1)C1CNC1. The number of amides is 3. The fourth-order valence-corrected chi connectivity index (χ4v) is 3.99. The van der Waals surface area contributed by atoms with Crippen LogP contribution in [0.4, 0.5) is 21.9 Å². The minimum absolute atomic E-state index is 0.00835. The number of fused-ring (bicyclic) bond motifs is 1. The Morgan fingerprint density at radius 3 is 2.45 bits per heavy atom. The lowest BCUT2D eigenvalue weighted by molar-refractivity contribution is -0.121. The molecular weight excluding hydrogens is 364 g/mol. The van der Waals surface area contributed by atoms with E-state index in [-0.39, 0.29) is 17.9 Å². The van der Waals surface area contributed by atoms with E-state index in [9.17, 15) is 9.59 Å². The summed E-state index contributed by atoms with van der Waals surface area (Å²) in [5, 5.41) is 12.0. The van der Waals surface area contributed by atoms with Crippen LogP contribution in [0.3, 0.4) is 0 Å². The molecule has 4 rings (SSSR count). The summed E-state index contributed by atoms with van der Waals surface area (Å²) in [5.41, 5.74) is 4.78. The molecule has 0 aromatic heterocycles. The number of hydrogen-bond donors (Lipinski definition) is 4. The van der Waals surface area contributed by atoms with Crippen LogP contribution in [-0.2, 0) is 17.6 Å². The maximum absolute atomic E-state index is 12.5. The van der Waals surface area contributed by atoms with Gasteiger partial charge < -0.3 is 21.3 Å². The fourth-order valence-electron chi connectivity index (χ4n) is 3.99. The van der Waals surface area contributed by atoms with E-state index in [1.165, 1.54) is 17.5 Å². The molecule has 152 valence electrons. The maximum Gasteiger partial charge on any atom is 0.323 e. The highest BCUT2D eigenvalue weighted by atomic mass is 16.2. The Hall–Kier alpha value is -2.86. The summed E-state index contributed by atoms with van der Waals surface area (Å²) in [6.45, 7) is 3.73. The van der Waals surface area contributed by atoms with Crippen LogP contribution in [0.25, 0.3) is 0 Å². The number of rotatable bonds is 5. The van der Waals surface area contributed by atoms with Crippen molar-refractivity contribution in [1.82, 2.24) is 5.32 Å². The second-order valence-electron chi connectivity index (χ2n) is 8.01. The minimum atomic E-state index is -0.277. The van der Waals surface area contributed by atoms with Crippen LogP contribution in [0.2, 0.25) is 0 Å². The second kappa shape index (κ2) is 8.66. The number of benzene rings is 2. The van der Waals surface area contributed by atoms with Gasteiger partial charge >= 0.3 is 6.03 Å². The van der Waals surface area contributed by atoms with E-state index in [0.29, 0.717) is 17.3 Å². The monoisotopic (exact) mass is 392 g/mol. The number of urea groups is 1. The number of carbonyl (C=O) groups excluding carboxylic acids is 2. The van der Waals surface area contributed by atoms with Crippen molar-refractivity contribution in [2.75, 3.05) is 29.0 Å². The van der Waals surface area contributed by atoms with E-state index in [0.717, 1.165) is 38.0 Å². The van der Waals surface area contributed by atoms with Crippen molar-refractivity contribution >= 4 is 29.0 Å². The largest absolute Gasteiger partial charge is 0.326 e. The molecule has 0 bridgehead atoms. The molecule has 2 aliphatic rings. The van der Waals surface area contributed by atoms with E-state index < -0.39 is 0 Å². The molecule has 1 aliphatic carbocycles. The number of carbonyl (C=O) groups is 2. The molecule has 1 fully saturated rings. The molecule has 2 aromatic carbocycles. The Morgan fingerprint density at radius 2 is 1.69 bits per heavy atom. The lowest BCUT2D eigenvalue weighted by Gasteiger charge is -2.31. The summed E-state index contributed by atoms with van der Waals surface area (Å²) < 4.78 is 0. The van der Waals surface area contributed by atoms with Gasteiger partial charge in [-0.3, -0.25) is 4.79 Å². The molecule has 0 saturated carbocycles. The lowest BCUT2D eigenvalue weighted by atomic mass is 9.88. The van der Waals surface area contributed by atoms with Gasteiger partial charge in [-0.2, -0.15) is 0 Å². The van der Waals surface area contributed by atoms with Crippen LogP contribution >= 0.6 is 0 Å². The number of aryl methyl sites for hydroxylation is 1. The molecular formula is C23H28N4O2. The summed E-state index contributed by atoms with van der Waals surface area (Å²) in [7, 11) is 0. The van der Waals surface area contributed by atoms with Gasteiger partial charge in [-0.1, -0.05) is 25.1 Å². The summed E-state index contributed by atoms with van der Waals surface area (Å²) in [5.74, 6) is 0.355. The average molecular weight is 393 g/mol. The first-order chi connectivity index (χ1) is 14.1. The van der Waals surface area contributed by atoms with Gasteiger partial charge in [0.15, 0.2) is 0 Å². The summed E-state index contributed by atoms with van der Waals surface area (Å²) >= 11 is 0. The van der Waals surface area contributed by atoms with E-state index in [4.69, 9.17) is 0 Å². The van der Waals surface area contributed by atoms with Crippen LogP contribution < -0.4 is 21.3 Å². The molecule has 2 aromatic rings. The van der Waals surface area contributed by atoms with Gasteiger partial charge in [-0.25, -0.2) is 4.79 Å². The lowest BCUT2D eigenvalue weighted by Crippen LogP contribution is -2.48. The quantitative estimate of drug-likeness (QED) is 0.621. The zero-order chi connectivity index (χ0) is 20.2. The molecule has 4 N–H and O–H groups in total. The van der Waals surface area contributed by atoms with Crippen molar-refractivity contribution in [3.05, 3.63) is 53.6 Å². The molecule has 3 amide bonds. The van der Waals surface area contributed by atoms with E-state index in [2.05, 4.69) is 27.3 Å². The highest BCUT2D eigenvalue weighted by molar-refractivity contribution is 6.01. The van der Waals surface area contributed by atoms with Crippen LogP contribution in [0, 0.1) is 11.8 Å². The molecule has 6 heteroatoms. The summed E-state index contributed by atoms with van der Waals surface area (Å²) in [6.07, 6.45) is 4.44. The van der Waals surface area contributed by atoms with Gasteiger partial charge in [0.25, 0.3) is 0 Å². The first-order valence-corrected chi connectivity index (χ1v) is 10.4. The van der Waals surface area contributed by atoms with Gasteiger partial charge in [0.2, 0.25) is 5.91 Å². The zero-order valence-electron chi connectivity index (χ0n) is 16.8. The Kier molecular flexibility index (Phi) is 5.81. The Balaban J connectivity index is 1.38. The average Bonchev–Trinajstić information content (AvgIpc) is 2.67. The normalized spacial score (nSPS) is 16.9. The molecule has 0 spiro atoms. The summed E-state index contributed by atoms with van der Waals surface area (Å²) in [4.78, 5) is 24.9. The maximum atomic E-state index is 12.5. The smallest absolute Gasteiger partial charge is 0.323 e. The van der Waals surface area contributed by atoms with Crippen LogP contribution in [0.15, 0.2) is 42.5 Å². The zero-order valence-corrected chi connectivity index (χ0v) is 16.8. The molecule has 0 radical (unpaired) electrons. The molecule has 1 saturated heterocycles. The van der Waals surface area contributed by atoms with Crippen molar-refractivity contribution in [1.29, 1.82) is 0 Å². The molecule has 1 heterocycles. The van der Waals surface area contributed by atoms with Gasteiger partial charge in [0.05, 0.1) is 0 Å². The standard InChI is InChI=1S/C23H28N4O2/c1-15(17-13-24-14-17)22(28)25-18-8-5-9-19(12-18)26-23(29)27-21-11-4-7-16-6-2-3-10-20(16)21/h4-5,7-9,11-12,15,17,24H,2-3,6,10,13-14H2,1H3,(H,25,28)(H2,26,27,29). The first-order valence-electron chi connectivity index (χ1n) is 10.4. The highest BCUT2D eigenvalue weighted by Gasteiger charge is 2.28. The minimum Gasteiger partial charge on any atom is -0.326 e. The van der Waals surface area contributed by atoms with Gasteiger partial charge in [-0.05, 0) is 80.1 Å². The topological polar surface area (TPSA) is 82.3 Å². The van der Waals surface area contributed by atoms with Crippen molar-refractivity contribution in [2.45, 2.75) is 32.6 Å². The molecule has 1 aliphatic heterocycles. The highest BCUT2D eigenvalue weighted by Crippen LogP contribution is 2.28. The molecule has 6 nitrogen and oxygen atoms in total. The summed E-state index contributed by atoms with van der Waals surface area (Å²) in [6, 6.07) is 13.1. The number of nitrogens with one attached hydrogen (secondary N) is 4. The molecule has 1 unspecified atom stereocenters. The number of hydrogen-bond acceptors (Lipinski definition) is 3. The van der Waals surface area contributed by atoms with E-state index >= 15 is 0 Å². The van der Waals surface area contributed by atoms with Crippen molar-refractivity contribution in [3.63, 3.8) is 0 Å². The van der Waals surface area contributed by atoms with Crippen LogP contribution in [0.1, 0.15) is 30.9 Å². The van der Waals surface area contributed by atoms with Crippen LogP contribution in [-0.4, -0.2) is 25.0 Å². The van der Waals surface area contributed by atoms with E-state index in [1.54, 1.807) is 6.07 Å². The predicted molar refractivity (Wildman–Crippen MR) is 116 cm³/mol. The van der Waals surface area contributed by atoms with Gasteiger partial charge in [0, 0.05) is 23.0 Å². The van der Waals surface area contributed by atoms with E-state index in [1.807, 2.05) is 37.3 Å². The van der Waals surface area contributed by atoms with Crippen molar-refractivity contribution in [2.24, 2.45) is 11.8 Å². The van der Waals surface area contributed by atoms with Gasteiger partial charge in [0.1, 0.15) is 0 Å².